The fourth-order valence-electron chi connectivity index (χ4n) is 2.16. The topological polar surface area (TPSA) is 33.0 Å². The van der Waals surface area contributed by atoms with Crippen molar-refractivity contribution >= 4 is 0 Å². The summed E-state index contributed by atoms with van der Waals surface area (Å²) in [5, 5.41) is 8.62. The normalized spacial score (nSPS) is 29.5. The van der Waals surface area contributed by atoms with Crippen LogP contribution in [0.2, 0.25) is 0 Å². The molecule has 1 aliphatic carbocycles. The lowest BCUT2D eigenvalue weighted by Crippen LogP contribution is -2.26. The van der Waals surface area contributed by atoms with Gasteiger partial charge in [-0.2, -0.15) is 5.26 Å². The van der Waals surface area contributed by atoms with Gasteiger partial charge in [0.25, 0.3) is 0 Å². The Bertz CT molecular complexity index is 197. The molecule has 14 heavy (non-hydrogen) atoms. The number of nitriles is 1. The molecule has 1 rings (SSSR count). The highest BCUT2D eigenvalue weighted by Gasteiger charge is 2.21. The highest BCUT2D eigenvalue weighted by Crippen LogP contribution is 2.27. The molecule has 0 aliphatic heterocycles. The summed E-state index contributed by atoms with van der Waals surface area (Å²) >= 11 is 0. The Kier molecular flexibility index (Phi) is 4.97. The Labute approximate surface area is 87.3 Å². The molecule has 2 nitrogen and oxygen atoms in total. The molecule has 0 heterocycles. The van der Waals surface area contributed by atoms with Crippen LogP contribution in [-0.2, 0) is 4.74 Å². The molecule has 2 heteroatoms. The van der Waals surface area contributed by atoms with Gasteiger partial charge in [-0.3, -0.25) is 0 Å². The summed E-state index contributed by atoms with van der Waals surface area (Å²) in [6, 6.07) is 2.19. The van der Waals surface area contributed by atoms with Crippen molar-refractivity contribution in [2.75, 3.05) is 0 Å². The Balaban J connectivity index is 2.30. The molecule has 1 aliphatic rings. The van der Waals surface area contributed by atoms with Crippen molar-refractivity contribution in [2.45, 2.75) is 64.6 Å². The second-order valence-electron chi connectivity index (χ2n) is 4.42. The highest BCUT2D eigenvalue weighted by atomic mass is 16.5. The minimum atomic E-state index is 0.162. The number of hydrogen-bond donors (Lipinski definition) is 0. The van der Waals surface area contributed by atoms with Gasteiger partial charge in [-0.05, 0) is 25.2 Å². The van der Waals surface area contributed by atoms with E-state index < -0.39 is 0 Å². The van der Waals surface area contributed by atoms with Crippen molar-refractivity contribution in [3.05, 3.63) is 0 Å². The lowest BCUT2D eigenvalue weighted by Gasteiger charge is -2.29. The first-order valence-corrected chi connectivity index (χ1v) is 5.78. The third-order valence-electron chi connectivity index (χ3n) is 3.05. The van der Waals surface area contributed by atoms with Gasteiger partial charge in [-0.25, -0.2) is 0 Å². The molecular formula is C12H21NO. The van der Waals surface area contributed by atoms with Gasteiger partial charge in [-0.15, -0.1) is 0 Å². The highest BCUT2D eigenvalue weighted by molar-refractivity contribution is 4.78. The smallest absolute Gasteiger partial charge is 0.0706 e. The number of rotatable bonds is 4. The molecule has 0 radical (unpaired) electrons. The molecule has 0 bridgehead atoms. The monoisotopic (exact) mass is 195 g/mol. The minimum absolute atomic E-state index is 0.162. The SMILES string of the molecule is CCC(CC#N)OC1CCCC(C)C1. The Hall–Kier alpha value is -0.550. The van der Waals surface area contributed by atoms with Gasteiger partial charge in [0.15, 0.2) is 0 Å². The van der Waals surface area contributed by atoms with Gasteiger partial charge in [0.05, 0.1) is 24.7 Å². The van der Waals surface area contributed by atoms with Crippen LogP contribution in [0.15, 0.2) is 0 Å². The van der Waals surface area contributed by atoms with E-state index in [4.69, 9.17) is 10.00 Å². The molecule has 3 unspecified atom stereocenters. The molecule has 0 aromatic carbocycles. The minimum Gasteiger partial charge on any atom is -0.374 e. The maximum absolute atomic E-state index is 8.62. The maximum Gasteiger partial charge on any atom is 0.0706 e. The van der Waals surface area contributed by atoms with Crippen molar-refractivity contribution < 1.29 is 4.74 Å². The van der Waals surface area contributed by atoms with Gasteiger partial charge in [0.2, 0.25) is 0 Å². The second kappa shape index (κ2) is 6.03. The van der Waals surface area contributed by atoms with Crippen molar-refractivity contribution in [1.29, 1.82) is 5.26 Å². The van der Waals surface area contributed by atoms with E-state index in [1.165, 1.54) is 25.7 Å². The fraction of sp³-hybridized carbons (Fsp3) is 0.917. The van der Waals surface area contributed by atoms with Crippen molar-refractivity contribution in [3.63, 3.8) is 0 Å². The van der Waals surface area contributed by atoms with Crippen molar-refractivity contribution in [1.82, 2.24) is 0 Å². The van der Waals surface area contributed by atoms with E-state index in [1.54, 1.807) is 0 Å². The van der Waals surface area contributed by atoms with Crippen LogP contribution in [0.25, 0.3) is 0 Å². The molecule has 0 spiro atoms. The van der Waals surface area contributed by atoms with E-state index >= 15 is 0 Å². The number of hydrogen-bond acceptors (Lipinski definition) is 2. The zero-order valence-corrected chi connectivity index (χ0v) is 9.33. The predicted molar refractivity (Wildman–Crippen MR) is 56.8 cm³/mol. The van der Waals surface area contributed by atoms with Gasteiger partial charge < -0.3 is 4.74 Å². The third-order valence-corrected chi connectivity index (χ3v) is 3.05. The number of ether oxygens (including phenoxy) is 1. The molecule has 0 N–H and O–H groups in total. The van der Waals surface area contributed by atoms with Crippen LogP contribution in [0.3, 0.4) is 0 Å². The van der Waals surface area contributed by atoms with E-state index in [2.05, 4.69) is 19.9 Å². The quantitative estimate of drug-likeness (QED) is 0.689. The number of nitrogens with zero attached hydrogens (tertiary/aromatic N) is 1. The van der Waals surface area contributed by atoms with Crippen LogP contribution in [-0.4, -0.2) is 12.2 Å². The maximum atomic E-state index is 8.62. The van der Waals surface area contributed by atoms with Crippen molar-refractivity contribution in [2.24, 2.45) is 5.92 Å². The van der Waals surface area contributed by atoms with Crippen LogP contribution in [0, 0.1) is 17.2 Å². The molecule has 0 amide bonds. The molecule has 3 atom stereocenters. The summed E-state index contributed by atoms with van der Waals surface area (Å²) in [6.45, 7) is 4.38. The lowest BCUT2D eigenvalue weighted by molar-refractivity contribution is -0.0377. The molecule has 80 valence electrons. The van der Waals surface area contributed by atoms with Gasteiger partial charge in [0, 0.05) is 0 Å². The average Bonchev–Trinajstić information content (AvgIpc) is 2.17. The third kappa shape index (κ3) is 3.67. The van der Waals surface area contributed by atoms with E-state index in [0.717, 1.165) is 12.3 Å². The first kappa shape index (κ1) is 11.5. The van der Waals surface area contributed by atoms with Gasteiger partial charge >= 0.3 is 0 Å². The first-order chi connectivity index (χ1) is 6.76. The summed E-state index contributed by atoms with van der Waals surface area (Å²) in [5.74, 6) is 0.799. The molecule has 1 fully saturated rings. The standard InChI is InChI=1S/C12H21NO/c1-3-11(7-8-13)14-12-6-4-5-10(2)9-12/h10-12H,3-7,9H2,1-2H3. The summed E-state index contributed by atoms with van der Waals surface area (Å²) in [7, 11) is 0. The van der Waals surface area contributed by atoms with Crippen LogP contribution >= 0.6 is 0 Å². The van der Waals surface area contributed by atoms with E-state index in [9.17, 15) is 0 Å². The van der Waals surface area contributed by atoms with Crippen LogP contribution in [0.5, 0.6) is 0 Å². The Morgan fingerprint density at radius 3 is 2.86 bits per heavy atom. The fourth-order valence-corrected chi connectivity index (χ4v) is 2.16. The van der Waals surface area contributed by atoms with Crippen molar-refractivity contribution in [3.8, 4) is 6.07 Å². The van der Waals surface area contributed by atoms with Gasteiger partial charge in [0.1, 0.15) is 0 Å². The van der Waals surface area contributed by atoms with E-state index in [1.807, 2.05) is 0 Å². The summed E-state index contributed by atoms with van der Waals surface area (Å²) in [4.78, 5) is 0. The molecule has 0 aromatic rings. The summed E-state index contributed by atoms with van der Waals surface area (Å²) in [6.07, 6.45) is 7.07. The largest absolute Gasteiger partial charge is 0.374 e. The lowest BCUT2D eigenvalue weighted by atomic mass is 9.88. The second-order valence-corrected chi connectivity index (χ2v) is 4.42. The van der Waals surface area contributed by atoms with Gasteiger partial charge in [-0.1, -0.05) is 26.7 Å². The summed E-state index contributed by atoms with van der Waals surface area (Å²) in [5.41, 5.74) is 0. The van der Waals surface area contributed by atoms with Crippen LogP contribution < -0.4 is 0 Å². The van der Waals surface area contributed by atoms with Crippen LogP contribution in [0.4, 0.5) is 0 Å². The first-order valence-electron chi connectivity index (χ1n) is 5.78. The summed E-state index contributed by atoms with van der Waals surface area (Å²) < 4.78 is 5.93. The molecule has 0 saturated heterocycles. The zero-order valence-electron chi connectivity index (χ0n) is 9.33. The Morgan fingerprint density at radius 1 is 1.50 bits per heavy atom. The molecular weight excluding hydrogens is 174 g/mol. The average molecular weight is 195 g/mol. The molecule has 1 saturated carbocycles. The zero-order chi connectivity index (χ0) is 10.4. The molecule has 0 aromatic heterocycles. The van der Waals surface area contributed by atoms with Crippen LogP contribution in [0.1, 0.15) is 52.4 Å². The van der Waals surface area contributed by atoms with E-state index in [-0.39, 0.29) is 6.10 Å². The Morgan fingerprint density at radius 2 is 2.29 bits per heavy atom. The predicted octanol–water partition coefficient (Wildman–Crippen LogP) is 3.27. The van der Waals surface area contributed by atoms with E-state index in [0.29, 0.717) is 12.5 Å².